The topological polar surface area (TPSA) is 156 Å². The number of hydrogen-bond donors (Lipinski definition) is 0. The third-order valence-corrected chi connectivity index (χ3v) is 8.47. The van der Waals surface area contributed by atoms with Crippen molar-refractivity contribution in [1.29, 1.82) is 0 Å². The molecule has 0 N–H and O–H groups in total. The zero-order valence-electron chi connectivity index (χ0n) is 24.5. The van der Waals surface area contributed by atoms with E-state index in [0.29, 0.717) is 40.2 Å². The number of nitrogens with zero attached hydrogens (tertiary/aromatic N) is 4. The van der Waals surface area contributed by atoms with Crippen LogP contribution in [0.15, 0.2) is 54.7 Å². The molecular weight excluding hydrogens is 588 g/mol. The zero-order chi connectivity index (χ0) is 31.2. The normalized spacial score (nSPS) is 21.0. The Labute approximate surface area is 256 Å². The first-order valence-corrected chi connectivity index (χ1v) is 14.1. The molecule has 1 fully saturated rings. The molecule has 232 valence electrons. The minimum Gasteiger partial charge on any atom is -0.493 e. The fourth-order valence-electron chi connectivity index (χ4n) is 6.49. The highest BCUT2D eigenvalue weighted by molar-refractivity contribution is 5.79. The predicted molar refractivity (Wildman–Crippen MR) is 154 cm³/mol. The van der Waals surface area contributed by atoms with E-state index in [4.69, 9.17) is 33.2 Å². The summed E-state index contributed by atoms with van der Waals surface area (Å²) in [7, 11) is 4.63. The van der Waals surface area contributed by atoms with Crippen molar-refractivity contribution in [3.05, 3.63) is 87.2 Å². The van der Waals surface area contributed by atoms with Crippen LogP contribution in [0.3, 0.4) is 0 Å². The molecule has 45 heavy (non-hydrogen) atoms. The lowest BCUT2D eigenvalue weighted by Crippen LogP contribution is -2.37. The monoisotopic (exact) mass is 616 g/mol. The van der Waals surface area contributed by atoms with E-state index in [0.717, 1.165) is 16.7 Å². The minimum absolute atomic E-state index is 0.0298. The van der Waals surface area contributed by atoms with E-state index in [1.165, 1.54) is 31.4 Å². The molecule has 7 rings (SSSR count). The summed E-state index contributed by atoms with van der Waals surface area (Å²) in [5.41, 5.74) is 3.01. The number of esters is 1. The fourth-order valence-corrected chi connectivity index (χ4v) is 6.49. The summed E-state index contributed by atoms with van der Waals surface area (Å²) in [6, 6.07) is 12.9. The SMILES string of the molecule is COc1cc([C@@H]2c3cc4c(cc3[C@@H](n3cc(COc5ccc([N+](=O)[O-])cc5)nn3)[C@H]3COC(=O)[C@H]23)OCO4)cc(OC)c1OC. The molecule has 14 nitrogen and oxygen atoms in total. The summed E-state index contributed by atoms with van der Waals surface area (Å²) in [6.07, 6.45) is 1.77. The van der Waals surface area contributed by atoms with Crippen LogP contribution >= 0.6 is 0 Å². The van der Waals surface area contributed by atoms with Crippen molar-refractivity contribution in [3.63, 3.8) is 0 Å². The van der Waals surface area contributed by atoms with Gasteiger partial charge in [0.25, 0.3) is 5.69 Å². The standard InChI is InChI=1S/C31H28N4O10/c1-39-25-8-16(9-26(40-2)30(25)41-3)27-20-10-23-24(45-15-44-23)11-21(20)29(22-14-43-31(36)28(22)27)34-12-17(32-33-34)13-42-19-6-4-18(5-7-19)35(37)38/h4-12,22,27-29H,13-15H2,1-3H3/t22-,27+,28-,29+/m0/s1. The number of rotatable bonds is 9. The molecule has 3 aromatic carbocycles. The number of carbonyl (C=O) groups excluding carboxylic acids is 1. The summed E-state index contributed by atoms with van der Waals surface area (Å²) in [6.45, 7) is 0.341. The maximum absolute atomic E-state index is 13.5. The second kappa shape index (κ2) is 11.2. The Balaban J connectivity index is 1.29. The number of methoxy groups -OCH3 is 3. The number of non-ortho nitro benzene ring substituents is 1. The van der Waals surface area contributed by atoms with Gasteiger partial charge in [0.2, 0.25) is 12.5 Å². The van der Waals surface area contributed by atoms with Crippen LogP contribution in [-0.4, -0.2) is 60.6 Å². The van der Waals surface area contributed by atoms with Crippen LogP contribution in [0.5, 0.6) is 34.5 Å². The third-order valence-electron chi connectivity index (χ3n) is 8.47. The Morgan fingerprint density at radius 1 is 0.956 bits per heavy atom. The van der Waals surface area contributed by atoms with E-state index < -0.39 is 22.8 Å². The number of hydrogen-bond acceptors (Lipinski definition) is 12. The fraction of sp³-hybridized carbons (Fsp3) is 0.323. The molecule has 0 bridgehead atoms. The van der Waals surface area contributed by atoms with E-state index >= 15 is 0 Å². The maximum atomic E-state index is 13.5. The molecule has 0 amide bonds. The highest BCUT2D eigenvalue weighted by Crippen LogP contribution is 2.56. The van der Waals surface area contributed by atoms with Gasteiger partial charge in [0.05, 0.1) is 51.0 Å². The molecule has 1 saturated heterocycles. The lowest BCUT2D eigenvalue weighted by molar-refractivity contribution is -0.384. The Kier molecular flexibility index (Phi) is 7.03. The van der Waals surface area contributed by atoms with Crippen LogP contribution < -0.4 is 28.4 Å². The van der Waals surface area contributed by atoms with Crippen LogP contribution in [0.4, 0.5) is 5.69 Å². The molecule has 3 aliphatic rings. The van der Waals surface area contributed by atoms with Gasteiger partial charge in [-0.15, -0.1) is 5.10 Å². The number of nitro benzene ring substituents is 1. The molecule has 0 spiro atoms. The average Bonchev–Trinajstić information content (AvgIpc) is 3.81. The van der Waals surface area contributed by atoms with Gasteiger partial charge in [-0.3, -0.25) is 14.9 Å². The molecule has 1 aromatic heterocycles. The Bertz CT molecular complexity index is 1760. The van der Waals surface area contributed by atoms with E-state index in [2.05, 4.69) is 10.3 Å². The molecule has 4 atom stereocenters. The maximum Gasteiger partial charge on any atom is 0.310 e. The summed E-state index contributed by atoms with van der Waals surface area (Å²) in [5, 5.41) is 19.7. The summed E-state index contributed by atoms with van der Waals surface area (Å²) >= 11 is 0. The minimum atomic E-state index is -0.574. The smallest absolute Gasteiger partial charge is 0.310 e. The highest BCUT2D eigenvalue weighted by atomic mass is 16.7. The van der Waals surface area contributed by atoms with Crippen LogP contribution in [-0.2, 0) is 16.1 Å². The Morgan fingerprint density at radius 3 is 2.29 bits per heavy atom. The van der Waals surface area contributed by atoms with E-state index in [-0.39, 0.29) is 37.6 Å². The number of carbonyl (C=O) groups is 1. The van der Waals surface area contributed by atoms with Crippen molar-refractivity contribution in [2.24, 2.45) is 11.8 Å². The first kappa shape index (κ1) is 28.3. The van der Waals surface area contributed by atoms with Crippen LogP contribution in [0.1, 0.15) is 34.3 Å². The Hall–Kier alpha value is -5.53. The third kappa shape index (κ3) is 4.78. The van der Waals surface area contributed by atoms with Crippen LogP contribution in [0.2, 0.25) is 0 Å². The van der Waals surface area contributed by atoms with Crippen molar-refractivity contribution in [2.45, 2.75) is 18.6 Å². The van der Waals surface area contributed by atoms with Gasteiger partial charge in [0, 0.05) is 24.0 Å². The van der Waals surface area contributed by atoms with Gasteiger partial charge >= 0.3 is 5.97 Å². The number of aromatic nitrogens is 3. The summed E-state index contributed by atoms with van der Waals surface area (Å²) < 4.78 is 41.6. The second-order valence-corrected chi connectivity index (χ2v) is 10.8. The van der Waals surface area contributed by atoms with Gasteiger partial charge in [-0.25, -0.2) is 4.68 Å². The predicted octanol–water partition coefficient (Wildman–Crippen LogP) is 4.04. The van der Waals surface area contributed by atoms with Gasteiger partial charge in [-0.05, 0) is 53.1 Å². The van der Waals surface area contributed by atoms with Gasteiger partial charge < -0.3 is 33.2 Å². The number of ether oxygens (including phenoxy) is 7. The first-order valence-electron chi connectivity index (χ1n) is 14.1. The van der Waals surface area contributed by atoms with Crippen LogP contribution in [0, 0.1) is 22.0 Å². The highest BCUT2D eigenvalue weighted by Gasteiger charge is 2.53. The zero-order valence-corrected chi connectivity index (χ0v) is 24.5. The molecule has 2 aliphatic heterocycles. The number of benzene rings is 3. The van der Waals surface area contributed by atoms with Crippen molar-refractivity contribution in [1.82, 2.24) is 15.0 Å². The lowest BCUT2D eigenvalue weighted by atomic mass is 9.65. The van der Waals surface area contributed by atoms with Crippen molar-refractivity contribution < 1.29 is 42.9 Å². The van der Waals surface area contributed by atoms with Gasteiger partial charge in [0.1, 0.15) is 18.1 Å². The largest absolute Gasteiger partial charge is 0.493 e. The van der Waals surface area contributed by atoms with Gasteiger partial charge in [-0.2, -0.15) is 0 Å². The lowest BCUT2D eigenvalue weighted by Gasteiger charge is -2.39. The molecule has 0 radical (unpaired) electrons. The molecule has 4 aromatic rings. The van der Waals surface area contributed by atoms with E-state index in [9.17, 15) is 14.9 Å². The number of cyclic esters (lactones) is 1. The van der Waals surface area contributed by atoms with Gasteiger partial charge in [0.15, 0.2) is 23.0 Å². The van der Waals surface area contributed by atoms with E-state index in [1.807, 2.05) is 24.3 Å². The molecule has 0 unspecified atom stereocenters. The molecule has 1 aliphatic carbocycles. The van der Waals surface area contributed by atoms with Crippen molar-refractivity contribution in [3.8, 4) is 34.5 Å². The molecule has 3 heterocycles. The van der Waals surface area contributed by atoms with Gasteiger partial charge in [-0.1, -0.05) is 5.21 Å². The quantitative estimate of drug-likeness (QED) is 0.151. The second-order valence-electron chi connectivity index (χ2n) is 10.8. The van der Waals surface area contributed by atoms with Crippen LogP contribution in [0.25, 0.3) is 0 Å². The number of nitro groups is 1. The summed E-state index contributed by atoms with van der Waals surface area (Å²) in [5.74, 6) is 1.35. The van der Waals surface area contributed by atoms with Crippen molar-refractivity contribution in [2.75, 3.05) is 34.7 Å². The first-order chi connectivity index (χ1) is 21.9. The summed E-state index contributed by atoms with van der Waals surface area (Å²) in [4.78, 5) is 24.0. The Morgan fingerprint density at radius 2 is 1.64 bits per heavy atom. The molecule has 14 heteroatoms. The molecular formula is C31H28N4O10. The number of fused-ring (bicyclic) bond motifs is 3. The molecule has 0 saturated carbocycles. The van der Waals surface area contributed by atoms with E-state index in [1.54, 1.807) is 25.1 Å². The average molecular weight is 617 g/mol. The van der Waals surface area contributed by atoms with Crippen molar-refractivity contribution >= 4 is 11.7 Å².